The second kappa shape index (κ2) is 6.59. The van der Waals surface area contributed by atoms with Gasteiger partial charge < -0.3 is 9.47 Å². The van der Waals surface area contributed by atoms with E-state index in [1.165, 1.54) is 0 Å². The number of hydrogen-bond donors (Lipinski definition) is 1. The molecule has 2 aromatic carbocycles. The first-order valence-corrected chi connectivity index (χ1v) is 10.4. The molecule has 138 valence electrons. The van der Waals surface area contributed by atoms with Crippen molar-refractivity contribution >= 4 is 10.0 Å². The molecule has 26 heavy (non-hydrogen) atoms. The van der Waals surface area contributed by atoms with E-state index in [1.807, 2.05) is 26.0 Å². The van der Waals surface area contributed by atoms with Gasteiger partial charge in [0.2, 0.25) is 10.0 Å². The van der Waals surface area contributed by atoms with Gasteiger partial charge in [0.05, 0.1) is 18.1 Å². The molecule has 2 aliphatic heterocycles. The monoisotopic (exact) mass is 373 g/mol. The lowest BCUT2D eigenvalue weighted by Gasteiger charge is -2.14. The number of ether oxygens (including phenoxy) is 2. The van der Waals surface area contributed by atoms with Gasteiger partial charge in [-0.2, -0.15) is 0 Å². The maximum absolute atomic E-state index is 12.7. The fourth-order valence-electron chi connectivity index (χ4n) is 3.73. The first-order chi connectivity index (χ1) is 12.5. The van der Waals surface area contributed by atoms with E-state index >= 15 is 0 Å². The van der Waals surface area contributed by atoms with Gasteiger partial charge in [0, 0.05) is 36.1 Å². The Morgan fingerprint density at radius 3 is 2.73 bits per heavy atom. The summed E-state index contributed by atoms with van der Waals surface area (Å²) in [4.78, 5) is 0.348. The molecular weight excluding hydrogens is 350 g/mol. The van der Waals surface area contributed by atoms with E-state index in [-0.39, 0.29) is 0 Å². The van der Waals surface area contributed by atoms with Crippen molar-refractivity contribution < 1.29 is 17.9 Å². The Balaban J connectivity index is 1.55. The van der Waals surface area contributed by atoms with Crippen molar-refractivity contribution in [2.24, 2.45) is 0 Å². The Bertz CT molecular complexity index is 934. The minimum absolute atomic E-state index is 0.335. The molecule has 0 amide bonds. The van der Waals surface area contributed by atoms with Crippen LogP contribution in [0.25, 0.3) is 0 Å². The summed E-state index contributed by atoms with van der Waals surface area (Å²) in [5, 5.41) is 0. The predicted octanol–water partition coefficient (Wildman–Crippen LogP) is 2.69. The van der Waals surface area contributed by atoms with Crippen molar-refractivity contribution in [1.29, 1.82) is 0 Å². The largest absolute Gasteiger partial charge is 0.493 e. The average molecular weight is 373 g/mol. The summed E-state index contributed by atoms with van der Waals surface area (Å²) in [7, 11) is -3.53. The summed E-state index contributed by atoms with van der Waals surface area (Å²) in [5.41, 5.74) is 5.10. The molecule has 5 nitrogen and oxygen atoms in total. The van der Waals surface area contributed by atoms with Crippen LogP contribution in [0, 0.1) is 13.8 Å². The molecule has 0 unspecified atom stereocenters. The van der Waals surface area contributed by atoms with Crippen molar-refractivity contribution in [3.8, 4) is 11.5 Å². The van der Waals surface area contributed by atoms with Crippen molar-refractivity contribution in [1.82, 2.24) is 4.72 Å². The number of rotatable bonds is 5. The number of aryl methyl sites for hydroxylation is 2. The molecule has 0 saturated heterocycles. The third-order valence-corrected chi connectivity index (χ3v) is 6.66. The van der Waals surface area contributed by atoms with Crippen LogP contribution in [0.1, 0.15) is 27.8 Å². The topological polar surface area (TPSA) is 64.6 Å². The maximum atomic E-state index is 12.7. The van der Waals surface area contributed by atoms with E-state index < -0.39 is 10.0 Å². The molecule has 0 fully saturated rings. The fraction of sp³-hybridized carbons (Fsp3) is 0.400. The average Bonchev–Trinajstić information content (AvgIpc) is 3.25. The lowest BCUT2D eigenvalue weighted by atomic mass is 9.97. The smallest absolute Gasteiger partial charge is 0.240 e. The van der Waals surface area contributed by atoms with Gasteiger partial charge >= 0.3 is 0 Å². The number of hydrogen-bond acceptors (Lipinski definition) is 4. The molecular formula is C20H23NO4S. The highest BCUT2D eigenvalue weighted by Gasteiger charge is 2.26. The van der Waals surface area contributed by atoms with Crippen molar-refractivity contribution in [3.63, 3.8) is 0 Å². The Morgan fingerprint density at radius 1 is 1.08 bits per heavy atom. The molecule has 0 aromatic heterocycles. The Labute approximate surface area is 154 Å². The van der Waals surface area contributed by atoms with E-state index in [0.717, 1.165) is 52.2 Å². The van der Waals surface area contributed by atoms with Crippen LogP contribution in [0.2, 0.25) is 0 Å². The summed E-state index contributed by atoms with van der Waals surface area (Å²) in [6, 6.07) is 7.55. The van der Waals surface area contributed by atoms with E-state index in [4.69, 9.17) is 9.47 Å². The van der Waals surface area contributed by atoms with Crippen LogP contribution >= 0.6 is 0 Å². The molecule has 1 N–H and O–H groups in total. The van der Waals surface area contributed by atoms with Crippen LogP contribution in [0.4, 0.5) is 0 Å². The molecule has 0 atom stereocenters. The Morgan fingerprint density at radius 2 is 1.88 bits per heavy atom. The van der Waals surface area contributed by atoms with Crippen molar-refractivity contribution in [2.75, 3.05) is 19.8 Å². The summed E-state index contributed by atoms with van der Waals surface area (Å²) in [5.74, 6) is 1.86. The van der Waals surface area contributed by atoms with E-state index in [2.05, 4.69) is 10.8 Å². The van der Waals surface area contributed by atoms with Gasteiger partial charge in [0.1, 0.15) is 11.5 Å². The molecule has 0 bridgehead atoms. The van der Waals surface area contributed by atoms with Crippen molar-refractivity contribution in [2.45, 2.75) is 38.0 Å². The van der Waals surface area contributed by atoms with Crippen LogP contribution in [-0.4, -0.2) is 28.2 Å². The quantitative estimate of drug-likeness (QED) is 0.875. The molecule has 2 aliphatic rings. The minimum Gasteiger partial charge on any atom is -0.493 e. The molecule has 2 aromatic rings. The number of benzene rings is 2. The van der Waals surface area contributed by atoms with Gasteiger partial charge in [-0.15, -0.1) is 0 Å². The lowest BCUT2D eigenvalue weighted by molar-refractivity contribution is 0.353. The zero-order valence-corrected chi connectivity index (χ0v) is 15.9. The standard InChI is InChI=1S/C20H23NO4S/c1-13-3-4-14(2)19(11-13)26(22,23)21-8-5-17-16-7-10-24-18(16)12-15-6-9-25-20(15)17/h3-4,11-12,21H,5-10H2,1-2H3. The fourth-order valence-corrected chi connectivity index (χ4v) is 5.09. The third kappa shape index (κ3) is 3.08. The number of fused-ring (bicyclic) bond motifs is 2. The highest BCUT2D eigenvalue weighted by atomic mass is 32.2. The van der Waals surface area contributed by atoms with Gasteiger partial charge in [-0.05, 0) is 43.5 Å². The van der Waals surface area contributed by atoms with Gasteiger partial charge in [-0.25, -0.2) is 13.1 Å². The summed E-state index contributed by atoms with van der Waals surface area (Å²) >= 11 is 0. The number of nitrogens with one attached hydrogen (secondary N) is 1. The van der Waals surface area contributed by atoms with Crippen molar-refractivity contribution in [3.05, 3.63) is 52.1 Å². The Kier molecular flexibility index (Phi) is 4.40. The van der Waals surface area contributed by atoms with Gasteiger partial charge in [0.15, 0.2) is 0 Å². The molecule has 0 aliphatic carbocycles. The molecule has 4 rings (SSSR count). The van der Waals surface area contributed by atoms with Gasteiger partial charge in [0.25, 0.3) is 0 Å². The van der Waals surface area contributed by atoms with E-state index in [1.54, 1.807) is 6.07 Å². The third-order valence-electron chi connectivity index (χ3n) is 5.06. The van der Waals surface area contributed by atoms with Crippen LogP contribution < -0.4 is 14.2 Å². The molecule has 0 radical (unpaired) electrons. The van der Waals surface area contributed by atoms with Crippen LogP contribution in [0.5, 0.6) is 11.5 Å². The second-order valence-corrected chi connectivity index (χ2v) is 8.67. The normalized spacial score (nSPS) is 15.3. The molecule has 6 heteroatoms. The summed E-state index contributed by atoms with van der Waals surface area (Å²) in [6.45, 7) is 5.41. The van der Waals surface area contributed by atoms with E-state index in [9.17, 15) is 8.42 Å². The highest BCUT2D eigenvalue weighted by molar-refractivity contribution is 7.89. The van der Waals surface area contributed by atoms with Gasteiger partial charge in [-0.3, -0.25) is 0 Å². The maximum Gasteiger partial charge on any atom is 0.240 e. The zero-order valence-electron chi connectivity index (χ0n) is 15.1. The number of sulfonamides is 1. The van der Waals surface area contributed by atoms with E-state index in [0.29, 0.717) is 31.1 Å². The second-order valence-electron chi connectivity index (χ2n) is 6.93. The molecule has 0 saturated carbocycles. The lowest BCUT2D eigenvalue weighted by Crippen LogP contribution is -2.27. The highest BCUT2D eigenvalue weighted by Crippen LogP contribution is 2.40. The van der Waals surface area contributed by atoms with Gasteiger partial charge in [-0.1, -0.05) is 12.1 Å². The Hall–Kier alpha value is -2.05. The molecule has 0 spiro atoms. The van der Waals surface area contributed by atoms with Crippen LogP contribution in [0.3, 0.4) is 0 Å². The molecule has 2 heterocycles. The van der Waals surface area contributed by atoms with Crippen LogP contribution in [0.15, 0.2) is 29.2 Å². The zero-order chi connectivity index (χ0) is 18.3. The first-order valence-electron chi connectivity index (χ1n) is 8.96. The predicted molar refractivity (Wildman–Crippen MR) is 99.6 cm³/mol. The first kappa shape index (κ1) is 17.4. The summed E-state index contributed by atoms with van der Waals surface area (Å²) < 4.78 is 39.7. The van der Waals surface area contributed by atoms with Crippen LogP contribution in [-0.2, 0) is 29.3 Å². The minimum atomic E-state index is -3.53. The SMILES string of the molecule is Cc1ccc(C)c(S(=O)(=O)NCCc2c3c(cc4c2OCC4)OCC3)c1. The summed E-state index contributed by atoms with van der Waals surface area (Å²) in [6.07, 6.45) is 2.33.